The van der Waals surface area contributed by atoms with Crippen LogP contribution in [0.3, 0.4) is 0 Å². The van der Waals surface area contributed by atoms with Gasteiger partial charge < -0.3 is 9.84 Å². The molecular weight excluding hydrogens is 248 g/mol. The van der Waals surface area contributed by atoms with Gasteiger partial charge >= 0.3 is 0 Å². The lowest BCUT2D eigenvalue weighted by molar-refractivity contribution is 0.282. The molecule has 0 unspecified atom stereocenters. The Kier molecular flexibility index (Phi) is 11.0. The monoisotopic (exact) mass is 282 g/mol. The minimum absolute atomic E-state index is 0.353. The molecule has 1 fully saturated rings. The smallest absolute Gasteiger partial charge is 0.0876 e. The van der Waals surface area contributed by atoms with Crippen molar-refractivity contribution in [2.75, 3.05) is 6.61 Å². The molecule has 0 aromatic carbocycles. The van der Waals surface area contributed by atoms with E-state index in [0.717, 1.165) is 12.8 Å². The molecule has 2 nitrogen and oxygen atoms in total. The Bertz CT molecular complexity index is 238. The Morgan fingerprint density at radius 1 is 0.850 bits per heavy atom. The molecule has 0 amide bonds. The Hall–Kier alpha value is -0.340. The summed E-state index contributed by atoms with van der Waals surface area (Å²) in [6, 6.07) is 0. The highest BCUT2D eigenvalue weighted by molar-refractivity contribution is 4.93. The summed E-state index contributed by atoms with van der Waals surface area (Å²) in [5.74, 6) is 0. The van der Waals surface area contributed by atoms with Crippen molar-refractivity contribution in [1.82, 2.24) is 0 Å². The van der Waals surface area contributed by atoms with Crippen molar-refractivity contribution in [3.05, 3.63) is 12.2 Å². The second-order valence-corrected chi connectivity index (χ2v) is 6.05. The van der Waals surface area contributed by atoms with Crippen molar-refractivity contribution in [3.63, 3.8) is 0 Å². The fraction of sp³-hybridized carbons (Fsp3) is 0.889. The van der Waals surface area contributed by atoms with E-state index in [2.05, 4.69) is 19.1 Å². The van der Waals surface area contributed by atoms with E-state index in [1.54, 1.807) is 0 Å². The summed E-state index contributed by atoms with van der Waals surface area (Å²) in [6.45, 7) is 2.60. The maximum atomic E-state index is 8.68. The van der Waals surface area contributed by atoms with Gasteiger partial charge in [-0.15, -0.1) is 0 Å². The number of hydrogen-bond acceptors (Lipinski definition) is 2. The lowest BCUT2D eigenvalue weighted by Gasteiger charge is -1.98. The van der Waals surface area contributed by atoms with Crippen molar-refractivity contribution in [2.24, 2.45) is 0 Å². The Morgan fingerprint density at radius 3 is 2.35 bits per heavy atom. The summed E-state index contributed by atoms with van der Waals surface area (Å²) < 4.78 is 5.67. The molecule has 0 radical (unpaired) electrons. The van der Waals surface area contributed by atoms with Crippen LogP contribution < -0.4 is 0 Å². The molecule has 20 heavy (non-hydrogen) atoms. The van der Waals surface area contributed by atoms with E-state index in [9.17, 15) is 0 Å². The quantitative estimate of drug-likeness (QED) is 0.276. The average Bonchev–Trinajstić information content (AvgIpc) is 3.20. The van der Waals surface area contributed by atoms with E-state index < -0.39 is 0 Å². The van der Waals surface area contributed by atoms with Gasteiger partial charge in [0.05, 0.1) is 12.2 Å². The molecule has 0 saturated carbocycles. The molecule has 1 heterocycles. The first-order valence-electron chi connectivity index (χ1n) is 8.79. The van der Waals surface area contributed by atoms with E-state index in [4.69, 9.17) is 9.84 Å². The van der Waals surface area contributed by atoms with Crippen LogP contribution in [0.1, 0.15) is 84.0 Å². The van der Waals surface area contributed by atoms with Crippen LogP contribution in [0.25, 0.3) is 0 Å². The molecule has 0 bridgehead atoms. The van der Waals surface area contributed by atoms with Crippen molar-refractivity contribution < 1.29 is 9.84 Å². The molecule has 0 aliphatic carbocycles. The zero-order chi connectivity index (χ0) is 14.5. The van der Waals surface area contributed by atoms with Gasteiger partial charge in [0.25, 0.3) is 0 Å². The standard InChI is InChI=1S/C18H34O2/c1-2-3-11-14-17-18(20-17)15-12-9-7-5-4-6-8-10-13-16-19/h9,12,17-19H,2-8,10-11,13-16H2,1H3/b12-9-/t17-,18+/m0/s1. The maximum Gasteiger partial charge on any atom is 0.0876 e. The third-order valence-corrected chi connectivity index (χ3v) is 4.09. The summed E-state index contributed by atoms with van der Waals surface area (Å²) in [4.78, 5) is 0. The van der Waals surface area contributed by atoms with E-state index in [-0.39, 0.29) is 0 Å². The summed E-state index contributed by atoms with van der Waals surface area (Å²) in [5, 5.41) is 8.68. The van der Waals surface area contributed by atoms with E-state index >= 15 is 0 Å². The molecule has 2 heteroatoms. The third-order valence-electron chi connectivity index (χ3n) is 4.09. The van der Waals surface area contributed by atoms with Gasteiger partial charge in [0.15, 0.2) is 0 Å². The van der Waals surface area contributed by atoms with Crippen LogP contribution in [-0.2, 0) is 4.74 Å². The highest BCUT2D eigenvalue weighted by Gasteiger charge is 2.36. The fourth-order valence-corrected chi connectivity index (χ4v) is 2.67. The SMILES string of the molecule is CCCCC[C@@H]1O[C@@H]1C/C=C\CCCCCCCCO. The van der Waals surface area contributed by atoms with Gasteiger partial charge in [0, 0.05) is 6.61 Å². The summed E-state index contributed by atoms with van der Waals surface area (Å²) in [5.41, 5.74) is 0. The van der Waals surface area contributed by atoms with Crippen LogP contribution in [-0.4, -0.2) is 23.9 Å². The van der Waals surface area contributed by atoms with Gasteiger partial charge in [0.2, 0.25) is 0 Å². The molecule has 0 spiro atoms. The van der Waals surface area contributed by atoms with E-state index in [0.29, 0.717) is 18.8 Å². The Balaban J connectivity index is 1.79. The van der Waals surface area contributed by atoms with Gasteiger partial charge in [-0.2, -0.15) is 0 Å². The topological polar surface area (TPSA) is 32.8 Å². The zero-order valence-electron chi connectivity index (χ0n) is 13.4. The van der Waals surface area contributed by atoms with Crippen molar-refractivity contribution >= 4 is 0 Å². The summed E-state index contributed by atoms with van der Waals surface area (Å²) >= 11 is 0. The van der Waals surface area contributed by atoms with E-state index in [1.165, 1.54) is 64.2 Å². The minimum atomic E-state index is 0.353. The molecule has 0 aromatic heterocycles. The predicted octanol–water partition coefficient (Wildman–Crippen LogP) is 5.00. The second-order valence-electron chi connectivity index (χ2n) is 6.05. The molecular formula is C18H34O2. The van der Waals surface area contributed by atoms with Crippen molar-refractivity contribution in [1.29, 1.82) is 0 Å². The van der Waals surface area contributed by atoms with Crippen molar-refractivity contribution in [2.45, 2.75) is 96.2 Å². The average molecular weight is 282 g/mol. The van der Waals surface area contributed by atoms with Crippen LogP contribution in [0.4, 0.5) is 0 Å². The predicted molar refractivity (Wildman–Crippen MR) is 86.0 cm³/mol. The zero-order valence-corrected chi connectivity index (χ0v) is 13.4. The van der Waals surface area contributed by atoms with Crippen LogP contribution in [0.15, 0.2) is 12.2 Å². The molecule has 1 aliphatic heterocycles. The third kappa shape index (κ3) is 9.55. The maximum absolute atomic E-state index is 8.68. The molecule has 118 valence electrons. The number of rotatable bonds is 14. The summed E-state index contributed by atoms with van der Waals surface area (Å²) in [7, 11) is 0. The van der Waals surface area contributed by atoms with Gasteiger partial charge in [-0.3, -0.25) is 0 Å². The van der Waals surface area contributed by atoms with Gasteiger partial charge in [0.1, 0.15) is 0 Å². The number of aliphatic hydroxyl groups excluding tert-OH is 1. The molecule has 0 aromatic rings. The molecule has 1 aliphatic rings. The number of hydrogen-bond donors (Lipinski definition) is 1. The first kappa shape index (κ1) is 17.7. The molecule has 1 saturated heterocycles. The van der Waals surface area contributed by atoms with Crippen LogP contribution in [0, 0.1) is 0 Å². The molecule has 1 rings (SSSR count). The number of ether oxygens (including phenoxy) is 1. The van der Waals surface area contributed by atoms with Gasteiger partial charge in [-0.05, 0) is 32.1 Å². The van der Waals surface area contributed by atoms with Crippen molar-refractivity contribution in [3.8, 4) is 0 Å². The molecule has 1 N–H and O–H groups in total. The lowest BCUT2D eigenvalue weighted by Crippen LogP contribution is -1.92. The molecule has 2 atom stereocenters. The fourth-order valence-electron chi connectivity index (χ4n) is 2.67. The van der Waals surface area contributed by atoms with Crippen LogP contribution in [0.5, 0.6) is 0 Å². The van der Waals surface area contributed by atoms with Crippen LogP contribution >= 0.6 is 0 Å². The highest BCUT2D eigenvalue weighted by Crippen LogP contribution is 2.30. The normalized spacial score (nSPS) is 21.7. The largest absolute Gasteiger partial charge is 0.396 e. The van der Waals surface area contributed by atoms with Gasteiger partial charge in [-0.25, -0.2) is 0 Å². The highest BCUT2D eigenvalue weighted by atomic mass is 16.6. The number of unbranched alkanes of at least 4 members (excludes halogenated alkanes) is 8. The number of aliphatic hydroxyl groups is 1. The Labute approximate surface area is 125 Å². The van der Waals surface area contributed by atoms with Crippen LogP contribution in [0.2, 0.25) is 0 Å². The van der Waals surface area contributed by atoms with Gasteiger partial charge in [-0.1, -0.05) is 64.0 Å². The summed E-state index contributed by atoms with van der Waals surface area (Å²) in [6.07, 6.45) is 20.7. The van der Waals surface area contributed by atoms with E-state index in [1.807, 2.05) is 0 Å². The lowest BCUT2D eigenvalue weighted by atomic mass is 10.1. The Morgan fingerprint density at radius 2 is 1.60 bits per heavy atom. The minimum Gasteiger partial charge on any atom is -0.396 e. The second kappa shape index (κ2) is 12.4. The first-order valence-corrected chi connectivity index (χ1v) is 8.79. The number of allylic oxidation sites excluding steroid dienone is 1. The number of epoxide rings is 1. The first-order chi connectivity index (χ1) is 9.88.